The van der Waals surface area contributed by atoms with Crippen LogP contribution >= 0.6 is 0 Å². The van der Waals surface area contributed by atoms with Crippen molar-refractivity contribution < 1.29 is 14.3 Å². The largest absolute Gasteiger partial charge is 0.484 e. The van der Waals surface area contributed by atoms with E-state index in [4.69, 9.17) is 4.74 Å². The number of likely N-dealkylation sites (N-methyl/N-ethyl adjacent to an activating group) is 2. The fraction of sp³-hybridized carbons (Fsp3) is 0.375. The number of amides is 2. The number of carbonyl (C=O) groups excluding carboxylic acids is 2. The average molecular weight is 436 g/mol. The van der Waals surface area contributed by atoms with Crippen molar-refractivity contribution in [1.29, 1.82) is 0 Å². The molecule has 0 unspecified atom stereocenters. The molecule has 0 aliphatic carbocycles. The van der Waals surface area contributed by atoms with Crippen LogP contribution < -0.4 is 9.64 Å². The molecule has 8 nitrogen and oxygen atoms in total. The predicted molar refractivity (Wildman–Crippen MR) is 123 cm³/mol. The van der Waals surface area contributed by atoms with Gasteiger partial charge in [0.2, 0.25) is 0 Å². The monoisotopic (exact) mass is 435 g/mol. The number of imidazole rings is 1. The topological polar surface area (TPSA) is 70.4 Å². The Kier molecular flexibility index (Phi) is 6.41. The number of anilines is 1. The standard InChI is InChI=1S/C24H29N5O3/c1-4-20-23(27(3)22(30)17-32-19-8-6-5-7-9-19)29-16-18(10-11-21(29)25-20)24(31)28-14-12-26(2)13-15-28/h5-11,16H,4,12-15,17H2,1-3H3. The van der Waals surface area contributed by atoms with Gasteiger partial charge in [-0.25, -0.2) is 4.98 Å². The lowest BCUT2D eigenvalue weighted by molar-refractivity contribution is -0.120. The summed E-state index contributed by atoms with van der Waals surface area (Å²) in [5.74, 6) is 1.11. The average Bonchev–Trinajstić information content (AvgIpc) is 3.20. The quantitative estimate of drug-likeness (QED) is 0.594. The van der Waals surface area contributed by atoms with E-state index in [9.17, 15) is 9.59 Å². The zero-order chi connectivity index (χ0) is 22.7. The molecule has 1 aromatic carbocycles. The third-order valence-corrected chi connectivity index (χ3v) is 5.83. The molecule has 168 valence electrons. The lowest BCUT2D eigenvalue weighted by atomic mass is 10.2. The van der Waals surface area contributed by atoms with E-state index in [0.717, 1.165) is 18.8 Å². The van der Waals surface area contributed by atoms with Gasteiger partial charge in [0.1, 0.15) is 17.2 Å². The van der Waals surface area contributed by atoms with Gasteiger partial charge in [-0.15, -0.1) is 0 Å². The van der Waals surface area contributed by atoms with Gasteiger partial charge in [-0.3, -0.25) is 18.9 Å². The number of ether oxygens (including phenoxy) is 1. The first-order chi connectivity index (χ1) is 15.5. The molecule has 1 aliphatic heterocycles. The van der Waals surface area contributed by atoms with Gasteiger partial charge in [0.25, 0.3) is 11.8 Å². The Labute approximate surface area is 188 Å². The van der Waals surface area contributed by atoms with Crippen LogP contribution in [0.25, 0.3) is 5.65 Å². The minimum atomic E-state index is -0.193. The highest BCUT2D eigenvalue weighted by Gasteiger charge is 2.24. The van der Waals surface area contributed by atoms with E-state index in [0.29, 0.717) is 42.3 Å². The Hall–Kier alpha value is -3.39. The second-order valence-electron chi connectivity index (χ2n) is 8.03. The van der Waals surface area contributed by atoms with Crippen LogP contribution in [0.3, 0.4) is 0 Å². The molecule has 3 aromatic rings. The van der Waals surface area contributed by atoms with Crippen molar-refractivity contribution in [3.63, 3.8) is 0 Å². The van der Waals surface area contributed by atoms with Crippen LogP contribution in [0.2, 0.25) is 0 Å². The van der Waals surface area contributed by atoms with Gasteiger partial charge < -0.3 is 14.5 Å². The minimum Gasteiger partial charge on any atom is -0.484 e. The van der Waals surface area contributed by atoms with Crippen LogP contribution in [-0.2, 0) is 11.2 Å². The smallest absolute Gasteiger partial charge is 0.265 e. The second-order valence-corrected chi connectivity index (χ2v) is 8.03. The van der Waals surface area contributed by atoms with E-state index in [1.807, 2.05) is 58.7 Å². The molecule has 0 radical (unpaired) electrons. The van der Waals surface area contributed by atoms with E-state index in [1.165, 1.54) is 0 Å². The molecule has 0 saturated carbocycles. The molecule has 4 rings (SSSR count). The Morgan fingerprint density at radius 3 is 2.47 bits per heavy atom. The summed E-state index contributed by atoms with van der Waals surface area (Å²) in [4.78, 5) is 36.3. The molecule has 0 bridgehead atoms. The number of carbonyl (C=O) groups is 2. The fourth-order valence-corrected chi connectivity index (χ4v) is 3.87. The normalized spacial score (nSPS) is 14.5. The molecule has 2 aromatic heterocycles. The molecule has 1 fully saturated rings. The SMILES string of the molecule is CCc1nc2ccc(C(=O)N3CCN(C)CC3)cn2c1N(C)C(=O)COc1ccccc1. The van der Waals surface area contributed by atoms with E-state index in [1.54, 1.807) is 18.1 Å². The number of aryl methyl sites for hydroxylation is 1. The predicted octanol–water partition coefficient (Wildman–Crippen LogP) is 2.33. The van der Waals surface area contributed by atoms with Crippen LogP contribution in [0.5, 0.6) is 5.75 Å². The molecule has 0 spiro atoms. The summed E-state index contributed by atoms with van der Waals surface area (Å²) in [6, 6.07) is 12.9. The van der Waals surface area contributed by atoms with Crippen molar-refractivity contribution in [2.24, 2.45) is 0 Å². The van der Waals surface area contributed by atoms with E-state index < -0.39 is 0 Å². The van der Waals surface area contributed by atoms with Crippen LogP contribution in [0.4, 0.5) is 5.82 Å². The molecule has 32 heavy (non-hydrogen) atoms. The highest BCUT2D eigenvalue weighted by Crippen LogP contribution is 2.24. The van der Waals surface area contributed by atoms with Gasteiger partial charge in [0, 0.05) is 39.4 Å². The van der Waals surface area contributed by atoms with Crippen molar-refractivity contribution in [2.75, 3.05) is 51.8 Å². The number of aromatic nitrogens is 2. The first kappa shape index (κ1) is 21.8. The summed E-state index contributed by atoms with van der Waals surface area (Å²) in [5.41, 5.74) is 2.09. The van der Waals surface area contributed by atoms with Gasteiger partial charge >= 0.3 is 0 Å². The molecule has 3 heterocycles. The molecule has 8 heteroatoms. The van der Waals surface area contributed by atoms with Crippen molar-refractivity contribution in [3.8, 4) is 5.75 Å². The van der Waals surface area contributed by atoms with E-state index in [-0.39, 0.29) is 18.4 Å². The van der Waals surface area contributed by atoms with Crippen molar-refractivity contribution in [2.45, 2.75) is 13.3 Å². The maximum absolute atomic E-state index is 13.1. The van der Waals surface area contributed by atoms with Gasteiger partial charge in [-0.05, 0) is 37.7 Å². The minimum absolute atomic E-state index is 0.000844. The first-order valence-corrected chi connectivity index (χ1v) is 10.9. The zero-order valence-corrected chi connectivity index (χ0v) is 18.8. The third kappa shape index (κ3) is 4.45. The third-order valence-electron chi connectivity index (χ3n) is 5.83. The number of nitrogens with zero attached hydrogens (tertiary/aromatic N) is 5. The van der Waals surface area contributed by atoms with Gasteiger partial charge in [0.15, 0.2) is 6.61 Å². The van der Waals surface area contributed by atoms with Gasteiger partial charge in [-0.2, -0.15) is 0 Å². The van der Waals surface area contributed by atoms with Crippen molar-refractivity contribution in [1.82, 2.24) is 19.2 Å². The van der Waals surface area contributed by atoms with Crippen molar-refractivity contribution >= 4 is 23.3 Å². The maximum atomic E-state index is 13.1. The van der Waals surface area contributed by atoms with Crippen LogP contribution in [0, 0.1) is 0 Å². The first-order valence-electron chi connectivity index (χ1n) is 10.9. The number of pyridine rings is 1. The summed E-state index contributed by atoms with van der Waals surface area (Å²) >= 11 is 0. The number of benzene rings is 1. The molecule has 2 amide bonds. The molecule has 0 N–H and O–H groups in total. The Morgan fingerprint density at radius 1 is 1.06 bits per heavy atom. The summed E-state index contributed by atoms with van der Waals surface area (Å²) in [7, 11) is 3.78. The number of hydrogen-bond donors (Lipinski definition) is 0. The molecular weight excluding hydrogens is 406 g/mol. The highest BCUT2D eigenvalue weighted by molar-refractivity contribution is 5.96. The Balaban J connectivity index is 1.59. The molecule has 0 atom stereocenters. The number of hydrogen-bond acceptors (Lipinski definition) is 5. The number of para-hydroxylation sites is 1. The lowest BCUT2D eigenvalue weighted by Crippen LogP contribution is -2.47. The maximum Gasteiger partial charge on any atom is 0.265 e. The molecule has 1 saturated heterocycles. The summed E-state index contributed by atoms with van der Waals surface area (Å²) < 4.78 is 7.47. The van der Waals surface area contributed by atoms with Crippen LogP contribution in [0.15, 0.2) is 48.7 Å². The van der Waals surface area contributed by atoms with Crippen LogP contribution in [0.1, 0.15) is 23.0 Å². The lowest BCUT2D eigenvalue weighted by Gasteiger charge is -2.32. The molecular formula is C24H29N5O3. The fourth-order valence-electron chi connectivity index (χ4n) is 3.87. The summed E-state index contributed by atoms with van der Waals surface area (Å²) in [6.45, 7) is 5.06. The van der Waals surface area contributed by atoms with Crippen molar-refractivity contribution in [3.05, 3.63) is 59.9 Å². The number of piperazine rings is 1. The second kappa shape index (κ2) is 9.40. The number of fused-ring (bicyclic) bond motifs is 1. The van der Waals surface area contributed by atoms with Gasteiger partial charge in [-0.1, -0.05) is 25.1 Å². The van der Waals surface area contributed by atoms with E-state index in [2.05, 4.69) is 16.9 Å². The van der Waals surface area contributed by atoms with E-state index >= 15 is 0 Å². The highest BCUT2D eigenvalue weighted by atomic mass is 16.5. The Bertz CT molecular complexity index is 1100. The summed E-state index contributed by atoms with van der Waals surface area (Å²) in [5, 5.41) is 0. The Morgan fingerprint density at radius 2 is 1.78 bits per heavy atom. The van der Waals surface area contributed by atoms with Gasteiger partial charge in [0.05, 0.1) is 11.3 Å². The summed E-state index contributed by atoms with van der Waals surface area (Å²) in [6.07, 6.45) is 2.45. The van der Waals surface area contributed by atoms with Crippen LogP contribution in [-0.4, -0.2) is 77.9 Å². The molecule has 1 aliphatic rings. The number of rotatable bonds is 6. The zero-order valence-electron chi connectivity index (χ0n) is 18.8.